The molecule has 0 aliphatic carbocycles. The summed E-state index contributed by atoms with van der Waals surface area (Å²) in [7, 11) is 4.08. The van der Waals surface area contributed by atoms with Crippen LogP contribution >= 0.6 is 23.2 Å². The van der Waals surface area contributed by atoms with Gasteiger partial charge in [-0.1, -0.05) is 77.8 Å². The second-order valence-electron chi connectivity index (χ2n) is 9.50. The van der Waals surface area contributed by atoms with Gasteiger partial charge in [-0.2, -0.15) is 5.10 Å². The molecule has 0 bridgehead atoms. The summed E-state index contributed by atoms with van der Waals surface area (Å²) in [6, 6.07) is 32.2. The van der Waals surface area contributed by atoms with Crippen LogP contribution in [0.3, 0.4) is 0 Å². The van der Waals surface area contributed by atoms with Gasteiger partial charge < -0.3 is 4.90 Å². The highest BCUT2D eigenvalue weighted by molar-refractivity contribution is 6.31. The van der Waals surface area contributed by atoms with Gasteiger partial charge in [0.1, 0.15) is 0 Å². The van der Waals surface area contributed by atoms with Gasteiger partial charge in [-0.15, -0.1) is 0 Å². The lowest BCUT2D eigenvalue weighted by atomic mass is 9.98. The minimum Gasteiger partial charge on any atom is -0.378 e. The minimum atomic E-state index is -0.0646. The Morgan fingerprint density at radius 2 is 1.47 bits per heavy atom. The Balaban J connectivity index is 1.51. The van der Waals surface area contributed by atoms with Crippen molar-refractivity contribution in [1.82, 2.24) is 9.97 Å². The van der Waals surface area contributed by atoms with Crippen LogP contribution in [0.1, 0.15) is 23.6 Å². The summed E-state index contributed by atoms with van der Waals surface area (Å²) < 4.78 is 0. The Bertz CT molecular complexity index is 1630. The van der Waals surface area contributed by atoms with E-state index in [0.717, 1.165) is 44.7 Å². The van der Waals surface area contributed by atoms with Crippen molar-refractivity contribution in [3.8, 4) is 11.3 Å². The van der Waals surface area contributed by atoms with Crippen molar-refractivity contribution in [2.75, 3.05) is 24.0 Å². The fourth-order valence-electron chi connectivity index (χ4n) is 4.77. The lowest BCUT2D eigenvalue weighted by molar-refractivity contribution is 0.689. The van der Waals surface area contributed by atoms with E-state index in [0.29, 0.717) is 22.4 Å². The van der Waals surface area contributed by atoms with Crippen molar-refractivity contribution >= 4 is 51.5 Å². The lowest BCUT2D eigenvalue weighted by Crippen LogP contribution is -2.21. The van der Waals surface area contributed by atoms with E-state index in [-0.39, 0.29) is 6.04 Å². The molecule has 1 aliphatic heterocycles. The molecule has 0 amide bonds. The average Bonchev–Trinajstić information content (AvgIpc) is 3.39. The number of hydrogen-bond acceptors (Lipinski definition) is 5. The summed E-state index contributed by atoms with van der Waals surface area (Å²) in [4.78, 5) is 12.1. The SMILES string of the molecule is CN(C)c1ccc(C2CC(c3ccc(Cl)cc3)=NN2c2nc(-c3ccccc3)c3cc(Cl)ccc3n2)cc1. The van der Waals surface area contributed by atoms with E-state index < -0.39 is 0 Å². The van der Waals surface area contributed by atoms with Crippen LogP contribution in [0.5, 0.6) is 0 Å². The topological polar surface area (TPSA) is 44.6 Å². The number of anilines is 2. The number of rotatable bonds is 5. The standard InChI is InChI=1S/C31H25Cl2N5/c1-37(2)25-15-10-21(11-16-25)29-19-28(20-8-12-23(32)13-9-20)36-38(29)31-34-27-17-14-24(33)18-26(27)30(35-31)22-6-4-3-5-7-22/h3-18,29H,19H2,1-2H3. The summed E-state index contributed by atoms with van der Waals surface area (Å²) in [5.74, 6) is 0.546. The van der Waals surface area contributed by atoms with Gasteiger partial charge >= 0.3 is 0 Å². The molecular weight excluding hydrogens is 513 g/mol. The Hall–Kier alpha value is -3.93. The summed E-state index contributed by atoms with van der Waals surface area (Å²) in [5, 5.41) is 9.28. The van der Waals surface area contributed by atoms with Crippen molar-refractivity contribution in [2.45, 2.75) is 12.5 Å². The molecule has 1 aliphatic rings. The first kappa shape index (κ1) is 24.4. The molecule has 0 saturated heterocycles. The predicted molar refractivity (Wildman–Crippen MR) is 159 cm³/mol. The van der Waals surface area contributed by atoms with E-state index in [4.69, 9.17) is 38.3 Å². The molecule has 5 nitrogen and oxygen atoms in total. The van der Waals surface area contributed by atoms with Crippen molar-refractivity contribution in [3.63, 3.8) is 0 Å². The third-order valence-electron chi connectivity index (χ3n) is 6.78. The first-order chi connectivity index (χ1) is 18.5. The van der Waals surface area contributed by atoms with E-state index in [9.17, 15) is 0 Å². The highest BCUT2D eigenvalue weighted by Crippen LogP contribution is 2.38. The van der Waals surface area contributed by atoms with Crippen molar-refractivity contribution in [3.05, 3.63) is 118 Å². The lowest BCUT2D eigenvalue weighted by Gasteiger charge is -2.23. The molecule has 7 heteroatoms. The van der Waals surface area contributed by atoms with Crippen LogP contribution in [-0.2, 0) is 0 Å². The van der Waals surface area contributed by atoms with Gasteiger partial charge in [-0.3, -0.25) is 0 Å². The van der Waals surface area contributed by atoms with Gasteiger partial charge in [0, 0.05) is 47.2 Å². The molecule has 1 unspecified atom stereocenters. The summed E-state index contributed by atoms with van der Waals surface area (Å²) in [6.45, 7) is 0. The molecule has 1 aromatic heterocycles. The van der Waals surface area contributed by atoms with Crippen LogP contribution < -0.4 is 9.91 Å². The molecule has 1 atom stereocenters. The van der Waals surface area contributed by atoms with Gasteiger partial charge in [0.15, 0.2) is 0 Å². The number of halogens is 2. The molecule has 6 rings (SSSR count). The minimum absolute atomic E-state index is 0.0646. The van der Waals surface area contributed by atoms with E-state index in [2.05, 4.69) is 41.3 Å². The third kappa shape index (κ3) is 4.71. The molecular formula is C31H25Cl2N5. The molecule has 0 saturated carbocycles. The Kier molecular flexibility index (Phi) is 6.48. The van der Waals surface area contributed by atoms with Gasteiger partial charge in [0.2, 0.25) is 5.95 Å². The predicted octanol–water partition coefficient (Wildman–Crippen LogP) is 8.03. The zero-order chi connectivity index (χ0) is 26.2. The maximum absolute atomic E-state index is 6.38. The zero-order valence-electron chi connectivity index (χ0n) is 21.0. The molecule has 4 aromatic carbocycles. The van der Waals surface area contributed by atoms with E-state index in [1.54, 1.807) is 0 Å². The summed E-state index contributed by atoms with van der Waals surface area (Å²) >= 11 is 12.5. The quantitative estimate of drug-likeness (QED) is 0.227. The van der Waals surface area contributed by atoms with Crippen LogP contribution in [0.25, 0.3) is 22.2 Å². The number of fused-ring (bicyclic) bond motifs is 1. The van der Waals surface area contributed by atoms with E-state index in [1.807, 2.05) is 79.8 Å². The van der Waals surface area contributed by atoms with Crippen LogP contribution in [0.4, 0.5) is 11.6 Å². The largest absolute Gasteiger partial charge is 0.378 e. The number of aromatic nitrogens is 2. The first-order valence-corrected chi connectivity index (χ1v) is 13.1. The second-order valence-corrected chi connectivity index (χ2v) is 10.4. The molecule has 0 spiro atoms. The molecule has 38 heavy (non-hydrogen) atoms. The van der Waals surface area contributed by atoms with Crippen molar-refractivity contribution in [2.24, 2.45) is 5.10 Å². The normalized spacial score (nSPS) is 15.1. The Morgan fingerprint density at radius 1 is 0.763 bits per heavy atom. The maximum atomic E-state index is 6.38. The van der Waals surface area contributed by atoms with Crippen LogP contribution in [-0.4, -0.2) is 29.8 Å². The fourth-order valence-corrected chi connectivity index (χ4v) is 5.07. The second kappa shape index (κ2) is 10.1. The van der Waals surface area contributed by atoms with E-state index >= 15 is 0 Å². The van der Waals surface area contributed by atoms with Crippen LogP contribution in [0.15, 0.2) is 102 Å². The number of benzene rings is 4. The molecule has 0 fully saturated rings. The highest BCUT2D eigenvalue weighted by atomic mass is 35.5. The van der Waals surface area contributed by atoms with Gasteiger partial charge in [0.05, 0.1) is 23.0 Å². The highest BCUT2D eigenvalue weighted by Gasteiger charge is 2.32. The smallest absolute Gasteiger partial charge is 0.247 e. The number of hydrazone groups is 1. The summed E-state index contributed by atoms with van der Waals surface area (Å²) in [5.41, 5.74) is 6.91. The molecule has 0 radical (unpaired) electrons. The first-order valence-electron chi connectivity index (χ1n) is 12.4. The number of nitrogens with zero attached hydrogens (tertiary/aromatic N) is 5. The maximum Gasteiger partial charge on any atom is 0.247 e. The molecule has 0 N–H and O–H groups in total. The van der Waals surface area contributed by atoms with Crippen molar-refractivity contribution < 1.29 is 0 Å². The van der Waals surface area contributed by atoms with Gasteiger partial charge in [-0.05, 0) is 53.6 Å². The zero-order valence-corrected chi connectivity index (χ0v) is 22.5. The summed E-state index contributed by atoms with van der Waals surface area (Å²) in [6.07, 6.45) is 0.714. The molecule has 2 heterocycles. The van der Waals surface area contributed by atoms with Gasteiger partial charge in [-0.25, -0.2) is 15.0 Å². The third-order valence-corrected chi connectivity index (χ3v) is 7.27. The number of hydrogen-bond donors (Lipinski definition) is 0. The fraction of sp³-hybridized carbons (Fsp3) is 0.129. The molecule has 188 valence electrons. The average molecular weight is 538 g/mol. The monoisotopic (exact) mass is 537 g/mol. The Labute approximate surface area is 232 Å². The molecule has 5 aromatic rings. The Morgan fingerprint density at radius 3 is 2.18 bits per heavy atom. The van der Waals surface area contributed by atoms with Crippen LogP contribution in [0.2, 0.25) is 10.0 Å². The van der Waals surface area contributed by atoms with Crippen molar-refractivity contribution in [1.29, 1.82) is 0 Å². The van der Waals surface area contributed by atoms with Crippen LogP contribution in [0, 0.1) is 0 Å². The van der Waals surface area contributed by atoms with Gasteiger partial charge in [0.25, 0.3) is 0 Å². The van der Waals surface area contributed by atoms with E-state index in [1.165, 1.54) is 0 Å².